The minimum Gasteiger partial charge on any atom is -0.398 e. The first-order valence-electron chi connectivity index (χ1n) is 4.83. The summed E-state index contributed by atoms with van der Waals surface area (Å²) in [4.78, 5) is 4.19. The highest BCUT2D eigenvalue weighted by atomic mass is 32.2. The van der Waals surface area contributed by atoms with Gasteiger partial charge in [-0.2, -0.15) is 0 Å². The van der Waals surface area contributed by atoms with Crippen molar-refractivity contribution in [1.82, 2.24) is 4.98 Å². The largest absolute Gasteiger partial charge is 0.398 e. The number of pyridine rings is 1. The van der Waals surface area contributed by atoms with E-state index < -0.39 is 0 Å². The first-order chi connectivity index (χ1) is 7.75. The first kappa shape index (κ1) is 11.0. The minimum absolute atomic E-state index is 0.302. The molecule has 0 aliphatic heterocycles. The van der Waals surface area contributed by atoms with Gasteiger partial charge in [-0.05, 0) is 29.8 Å². The Kier molecular flexibility index (Phi) is 3.41. The lowest BCUT2D eigenvalue weighted by Crippen LogP contribution is -1.93. The molecule has 0 fully saturated rings. The molecular formula is C12H11FN2S. The Balaban J connectivity index is 2.05. The van der Waals surface area contributed by atoms with Crippen LogP contribution in [0.3, 0.4) is 0 Å². The maximum Gasteiger partial charge on any atom is 0.125 e. The van der Waals surface area contributed by atoms with Gasteiger partial charge in [-0.1, -0.05) is 12.1 Å². The lowest BCUT2D eigenvalue weighted by atomic mass is 10.2. The molecule has 0 saturated heterocycles. The third-order valence-electron chi connectivity index (χ3n) is 2.12. The topological polar surface area (TPSA) is 38.9 Å². The summed E-state index contributed by atoms with van der Waals surface area (Å²) in [7, 11) is 0. The summed E-state index contributed by atoms with van der Waals surface area (Å²) < 4.78 is 12.8. The highest BCUT2D eigenvalue weighted by molar-refractivity contribution is 7.98. The summed E-state index contributed by atoms with van der Waals surface area (Å²) in [5.41, 5.74) is 7.13. The molecule has 4 heteroatoms. The molecule has 0 saturated carbocycles. The van der Waals surface area contributed by atoms with Gasteiger partial charge < -0.3 is 5.73 Å². The molecule has 2 N–H and O–H groups in total. The molecule has 0 radical (unpaired) electrons. The van der Waals surface area contributed by atoms with Gasteiger partial charge in [0.2, 0.25) is 0 Å². The molecule has 0 aliphatic carbocycles. The number of anilines is 1. The van der Waals surface area contributed by atoms with E-state index in [1.807, 2.05) is 18.2 Å². The number of hydrogen-bond donors (Lipinski definition) is 1. The fourth-order valence-electron chi connectivity index (χ4n) is 1.28. The Labute approximate surface area is 97.7 Å². The molecule has 2 nitrogen and oxygen atoms in total. The average Bonchev–Trinajstić information content (AvgIpc) is 2.29. The molecule has 1 aromatic heterocycles. The van der Waals surface area contributed by atoms with Crippen molar-refractivity contribution < 1.29 is 4.39 Å². The fourth-order valence-corrected chi connectivity index (χ4v) is 2.16. The molecule has 0 unspecified atom stereocenters. The quantitative estimate of drug-likeness (QED) is 0.655. The second-order valence-corrected chi connectivity index (χ2v) is 4.30. The molecule has 1 aromatic carbocycles. The average molecular weight is 234 g/mol. The molecule has 2 aromatic rings. The van der Waals surface area contributed by atoms with Crippen LogP contribution in [0.25, 0.3) is 0 Å². The molecule has 0 amide bonds. The van der Waals surface area contributed by atoms with Crippen LogP contribution >= 0.6 is 11.8 Å². The van der Waals surface area contributed by atoms with E-state index in [4.69, 9.17) is 5.73 Å². The monoisotopic (exact) mass is 234 g/mol. The maximum absolute atomic E-state index is 12.8. The molecular weight excluding hydrogens is 223 g/mol. The van der Waals surface area contributed by atoms with E-state index in [1.165, 1.54) is 12.1 Å². The summed E-state index contributed by atoms with van der Waals surface area (Å²) >= 11 is 1.58. The second-order valence-electron chi connectivity index (χ2n) is 3.30. The van der Waals surface area contributed by atoms with Crippen molar-refractivity contribution in [2.45, 2.75) is 10.8 Å². The van der Waals surface area contributed by atoms with Gasteiger partial charge in [0, 0.05) is 17.6 Å². The van der Waals surface area contributed by atoms with Crippen LogP contribution in [0, 0.1) is 5.82 Å². The Morgan fingerprint density at radius 2 is 2.12 bits per heavy atom. The molecule has 0 bridgehead atoms. The maximum atomic E-state index is 12.8. The van der Waals surface area contributed by atoms with Crippen molar-refractivity contribution >= 4 is 17.4 Å². The minimum atomic E-state index is -0.302. The van der Waals surface area contributed by atoms with Crippen LogP contribution < -0.4 is 5.73 Å². The van der Waals surface area contributed by atoms with E-state index in [0.29, 0.717) is 11.4 Å². The molecule has 0 aliphatic rings. The van der Waals surface area contributed by atoms with E-state index >= 15 is 0 Å². The predicted octanol–water partition coefficient (Wildman–Crippen LogP) is 3.10. The first-order valence-corrected chi connectivity index (χ1v) is 5.82. The zero-order valence-electron chi connectivity index (χ0n) is 8.56. The number of hydrogen-bond acceptors (Lipinski definition) is 3. The second kappa shape index (κ2) is 4.99. The number of aromatic nitrogens is 1. The third kappa shape index (κ3) is 2.73. The lowest BCUT2D eigenvalue weighted by Gasteiger charge is -2.04. The van der Waals surface area contributed by atoms with Crippen LogP contribution in [0.4, 0.5) is 10.1 Å². The number of thioether (sulfide) groups is 1. The zero-order valence-corrected chi connectivity index (χ0v) is 9.38. The number of nitrogens with two attached hydrogens (primary N) is 1. The summed E-state index contributed by atoms with van der Waals surface area (Å²) in [6, 6.07) is 10.2. The Morgan fingerprint density at radius 1 is 1.25 bits per heavy atom. The van der Waals surface area contributed by atoms with Crippen LogP contribution in [0.1, 0.15) is 5.56 Å². The zero-order chi connectivity index (χ0) is 11.4. The van der Waals surface area contributed by atoms with Gasteiger partial charge in [-0.3, -0.25) is 0 Å². The summed E-state index contributed by atoms with van der Waals surface area (Å²) in [5.74, 6) is 0.396. The highest BCUT2D eigenvalue weighted by Crippen LogP contribution is 2.24. The Morgan fingerprint density at radius 3 is 2.81 bits per heavy atom. The molecule has 2 rings (SSSR count). The summed E-state index contributed by atoms with van der Waals surface area (Å²) in [6.45, 7) is 0. The lowest BCUT2D eigenvalue weighted by molar-refractivity contribution is 0.628. The van der Waals surface area contributed by atoms with Crippen LogP contribution in [0.15, 0.2) is 47.6 Å². The number of nitrogen functional groups attached to an aromatic ring is 1. The van der Waals surface area contributed by atoms with Crippen molar-refractivity contribution in [2.24, 2.45) is 0 Å². The van der Waals surface area contributed by atoms with Crippen molar-refractivity contribution in [2.75, 3.05) is 5.73 Å². The van der Waals surface area contributed by atoms with Gasteiger partial charge >= 0.3 is 0 Å². The van der Waals surface area contributed by atoms with Crippen molar-refractivity contribution in [1.29, 1.82) is 0 Å². The summed E-state index contributed by atoms with van der Waals surface area (Å²) in [5, 5.41) is 0.936. The molecule has 0 atom stereocenters. The van der Waals surface area contributed by atoms with Crippen LogP contribution in [0.2, 0.25) is 0 Å². The number of benzene rings is 1. The highest BCUT2D eigenvalue weighted by Gasteiger charge is 2.02. The van der Waals surface area contributed by atoms with Gasteiger partial charge in [-0.25, -0.2) is 9.37 Å². The number of rotatable bonds is 3. The number of nitrogens with zero attached hydrogens (tertiary/aromatic N) is 1. The summed E-state index contributed by atoms with van der Waals surface area (Å²) in [6.07, 6.45) is 1.75. The molecule has 82 valence electrons. The molecule has 16 heavy (non-hydrogen) atoms. The SMILES string of the molecule is Nc1cc(F)ccc1CSc1ccccn1. The van der Waals surface area contributed by atoms with Crippen LogP contribution in [-0.4, -0.2) is 4.98 Å². The van der Waals surface area contributed by atoms with Gasteiger partial charge in [-0.15, -0.1) is 11.8 Å². The van der Waals surface area contributed by atoms with Gasteiger partial charge in [0.05, 0.1) is 5.03 Å². The van der Waals surface area contributed by atoms with Gasteiger partial charge in [0.25, 0.3) is 0 Å². The Hall–Kier alpha value is -1.55. The third-order valence-corrected chi connectivity index (χ3v) is 3.11. The van der Waals surface area contributed by atoms with E-state index in [2.05, 4.69) is 4.98 Å². The van der Waals surface area contributed by atoms with E-state index in [1.54, 1.807) is 24.0 Å². The van der Waals surface area contributed by atoms with Crippen LogP contribution in [-0.2, 0) is 5.75 Å². The van der Waals surface area contributed by atoms with Gasteiger partial charge in [0.15, 0.2) is 0 Å². The van der Waals surface area contributed by atoms with E-state index in [9.17, 15) is 4.39 Å². The van der Waals surface area contributed by atoms with Crippen LogP contribution in [0.5, 0.6) is 0 Å². The van der Waals surface area contributed by atoms with Gasteiger partial charge in [0.1, 0.15) is 5.82 Å². The predicted molar refractivity (Wildman–Crippen MR) is 64.6 cm³/mol. The van der Waals surface area contributed by atoms with Crippen molar-refractivity contribution in [3.63, 3.8) is 0 Å². The van der Waals surface area contributed by atoms with E-state index in [0.717, 1.165) is 10.6 Å². The smallest absolute Gasteiger partial charge is 0.125 e. The number of halogens is 1. The normalized spacial score (nSPS) is 10.3. The fraction of sp³-hybridized carbons (Fsp3) is 0.0833. The molecule has 0 spiro atoms. The standard InChI is InChI=1S/C12H11FN2S/c13-10-5-4-9(11(14)7-10)8-16-12-3-1-2-6-15-12/h1-7H,8,14H2. The van der Waals surface area contributed by atoms with E-state index in [-0.39, 0.29) is 5.82 Å². The van der Waals surface area contributed by atoms with Crippen molar-refractivity contribution in [3.05, 3.63) is 54.0 Å². The Bertz CT molecular complexity index is 474. The molecule has 1 heterocycles. The van der Waals surface area contributed by atoms with Crippen molar-refractivity contribution in [3.8, 4) is 0 Å².